The van der Waals surface area contributed by atoms with Crippen molar-refractivity contribution in [3.63, 3.8) is 0 Å². The maximum atomic E-state index is 9.25. The Hall–Kier alpha value is -1.55. The number of aromatic nitrogens is 2. The Balaban J connectivity index is 1.90. The molecular formula is C15H21N3O. The lowest BCUT2D eigenvalue weighted by Crippen LogP contribution is -2.24. The molecule has 0 bridgehead atoms. The smallest absolute Gasteiger partial charge is 0.204 e. The number of rotatable bonds is 4. The standard InChI is InChI=1S/C15H21N3O/c19-11-10-18-14-9-5-4-8-13(14)17-15(18)16-12-6-2-1-3-7-12/h4-5,8-9,12,19H,1-3,6-7,10-11H2,(H,16,17). The molecule has 1 aromatic heterocycles. The Morgan fingerprint density at radius 2 is 2.00 bits per heavy atom. The van der Waals surface area contributed by atoms with E-state index in [0.29, 0.717) is 12.6 Å². The quantitative estimate of drug-likeness (QED) is 0.887. The molecular weight excluding hydrogens is 238 g/mol. The summed E-state index contributed by atoms with van der Waals surface area (Å²) in [6.07, 6.45) is 6.41. The molecule has 0 unspecified atom stereocenters. The predicted octanol–water partition coefficient (Wildman–Crippen LogP) is 2.77. The molecule has 2 aromatic rings. The van der Waals surface area contributed by atoms with Crippen molar-refractivity contribution >= 4 is 17.0 Å². The summed E-state index contributed by atoms with van der Waals surface area (Å²) in [6.45, 7) is 0.731. The maximum Gasteiger partial charge on any atom is 0.204 e. The SMILES string of the molecule is OCCn1c(NC2CCCCC2)nc2ccccc21. The Labute approximate surface area is 113 Å². The first-order valence-electron chi connectivity index (χ1n) is 7.21. The molecule has 1 heterocycles. The van der Waals surface area contributed by atoms with Crippen molar-refractivity contribution in [1.82, 2.24) is 9.55 Å². The molecule has 4 heteroatoms. The summed E-state index contributed by atoms with van der Waals surface area (Å²) in [5.41, 5.74) is 2.09. The van der Waals surface area contributed by atoms with Crippen molar-refractivity contribution in [3.8, 4) is 0 Å². The van der Waals surface area contributed by atoms with Gasteiger partial charge in [0.15, 0.2) is 0 Å². The number of nitrogens with one attached hydrogen (secondary N) is 1. The van der Waals surface area contributed by atoms with Crippen LogP contribution in [0.5, 0.6) is 0 Å². The van der Waals surface area contributed by atoms with Gasteiger partial charge in [-0.25, -0.2) is 4.98 Å². The molecule has 0 amide bonds. The molecule has 19 heavy (non-hydrogen) atoms. The number of anilines is 1. The summed E-state index contributed by atoms with van der Waals surface area (Å²) < 4.78 is 2.09. The third-order valence-electron chi connectivity index (χ3n) is 3.92. The Kier molecular flexibility index (Phi) is 3.69. The molecule has 0 spiro atoms. The van der Waals surface area contributed by atoms with Gasteiger partial charge < -0.3 is 15.0 Å². The molecule has 1 aromatic carbocycles. The van der Waals surface area contributed by atoms with Gasteiger partial charge in [-0.1, -0.05) is 31.4 Å². The van der Waals surface area contributed by atoms with Crippen LogP contribution in [0.3, 0.4) is 0 Å². The predicted molar refractivity (Wildman–Crippen MR) is 77.3 cm³/mol. The lowest BCUT2D eigenvalue weighted by atomic mass is 9.96. The average molecular weight is 259 g/mol. The number of hydrogen-bond donors (Lipinski definition) is 2. The van der Waals surface area contributed by atoms with Crippen molar-refractivity contribution in [2.24, 2.45) is 0 Å². The zero-order valence-electron chi connectivity index (χ0n) is 11.2. The lowest BCUT2D eigenvalue weighted by Gasteiger charge is -2.23. The number of aliphatic hydroxyl groups is 1. The summed E-state index contributed by atoms with van der Waals surface area (Å²) in [4.78, 5) is 4.67. The summed E-state index contributed by atoms with van der Waals surface area (Å²) in [7, 11) is 0. The summed E-state index contributed by atoms with van der Waals surface area (Å²) in [5, 5.41) is 12.8. The third-order valence-corrected chi connectivity index (χ3v) is 3.92. The van der Waals surface area contributed by atoms with Crippen molar-refractivity contribution in [1.29, 1.82) is 0 Å². The lowest BCUT2D eigenvalue weighted by molar-refractivity contribution is 0.278. The Morgan fingerprint density at radius 3 is 2.79 bits per heavy atom. The Bertz CT molecular complexity index is 543. The molecule has 4 nitrogen and oxygen atoms in total. The van der Waals surface area contributed by atoms with Crippen molar-refractivity contribution in [2.45, 2.75) is 44.7 Å². The second kappa shape index (κ2) is 5.61. The van der Waals surface area contributed by atoms with E-state index in [1.54, 1.807) is 0 Å². The van der Waals surface area contributed by atoms with E-state index in [2.05, 4.69) is 20.9 Å². The second-order valence-electron chi connectivity index (χ2n) is 5.28. The van der Waals surface area contributed by atoms with Gasteiger partial charge >= 0.3 is 0 Å². The monoisotopic (exact) mass is 259 g/mol. The fourth-order valence-electron chi connectivity index (χ4n) is 2.94. The first kappa shape index (κ1) is 12.5. The topological polar surface area (TPSA) is 50.1 Å². The highest BCUT2D eigenvalue weighted by molar-refractivity contribution is 5.78. The largest absolute Gasteiger partial charge is 0.395 e. The van der Waals surface area contributed by atoms with Crippen LogP contribution in [0.1, 0.15) is 32.1 Å². The molecule has 1 aliphatic carbocycles. The van der Waals surface area contributed by atoms with Gasteiger partial charge in [-0.3, -0.25) is 0 Å². The molecule has 3 rings (SSSR count). The van der Waals surface area contributed by atoms with Gasteiger partial charge in [0.1, 0.15) is 0 Å². The number of imidazole rings is 1. The molecule has 0 radical (unpaired) electrons. The zero-order chi connectivity index (χ0) is 13.1. The number of para-hydroxylation sites is 2. The van der Waals surface area contributed by atoms with Crippen molar-refractivity contribution in [2.75, 3.05) is 11.9 Å². The summed E-state index contributed by atoms with van der Waals surface area (Å²) >= 11 is 0. The van der Waals surface area contributed by atoms with Gasteiger partial charge in [-0.15, -0.1) is 0 Å². The number of hydrogen-bond acceptors (Lipinski definition) is 3. The van der Waals surface area contributed by atoms with Crippen LogP contribution in [0.25, 0.3) is 11.0 Å². The average Bonchev–Trinajstić information content (AvgIpc) is 2.79. The van der Waals surface area contributed by atoms with E-state index < -0.39 is 0 Å². The van der Waals surface area contributed by atoms with Crippen molar-refractivity contribution < 1.29 is 5.11 Å². The summed E-state index contributed by atoms with van der Waals surface area (Å²) in [6, 6.07) is 8.63. The van der Waals surface area contributed by atoms with Crippen molar-refractivity contribution in [3.05, 3.63) is 24.3 Å². The number of aliphatic hydroxyl groups excluding tert-OH is 1. The van der Waals surface area contributed by atoms with E-state index in [1.807, 2.05) is 18.2 Å². The van der Waals surface area contributed by atoms with Crippen LogP contribution in [0.4, 0.5) is 5.95 Å². The van der Waals surface area contributed by atoms with E-state index in [4.69, 9.17) is 0 Å². The van der Waals surface area contributed by atoms with E-state index in [9.17, 15) is 5.11 Å². The molecule has 0 saturated heterocycles. The van der Waals surface area contributed by atoms with Gasteiger partial charge in [0.05, 0.1) is 17.6 Å². The summed E-state index contributed by atoms with van der Waals surface area (Å²) in [5.74, 6) is 0.905. The zero-order valence-corrected chi connectivity index (χ0v) is 11.2. The molecule has 0 aliphatic heterocycles. The van der Waals surface area contributed by atoms with Gasteiger partial charge in [-0.2, -0.15) is 0 Å². The van der Waals surface area contributed by atoms with Gasteiger partial charge in [0, 0.05) is 12.6 Å². The first-order valence-corrected chi connectivity index (χ1v) is 7.21. The van der Waals surface area contributed by atoms with Gasteiger partial charge in [0.2, 0.25) is 5.95 Å². The minimum Gasteiger partial charge on any atom is -0.395 e. The van der Waals surface area contributed by atoms with E-state index in [1.165, 1.54) is 32.1 Å². The fraction of sp³-hybridized carbons (Fsp3) is 0.533. The van der Waals surface area contributed by atoms with Crippen LogP contribution < -0.4 is 5.32 Å². The van der Waals surface area contributed by atoms with Crippen LogP contribution in [0, 0.1) is 0 Å². The minimum atomic E-state index is 0.139. The highest BCUT2D eigenvalue weighted by Crippen LogP contribution is 2.24. The highest BCUT2D eigenvalue weighted by atomic mass is 16.3. The maximum absolute atomic E-state index is 9.25. The first-order chi connectivity index (χ1) is 9.38. The van der Waals surface area contributed by atoms with Crippen LogP contribution in [0.2, 0.25) is 0 Å². The number of benzene rings is 1. The molecule has 1 saturated carbocycles. The molecule has 102 valence electrons. The number of nitrogens with zero attached hydrogens (tertiary/aromatic N) is 2. The molecule has 1 fully saturated rings. The molecule has 0 atom stereocenters. The second-order valence-corrected chi connectivity index (χ2v) is 5.28. The van der Waals surface area contributed by atoms with E-state index in [0.717, 1.165) is 17.0 Å². The van der Waals surface area contributed by atoms with Crippen LogP contribution in [-0.4, -0.2) is 27.3 Å². The Morgan fingerprint density at radius 1 is 1.21 bits per heavy atom. The van der Waals surface area contributed by atoms with E-state index >= 15 is 0 Å². The highest BCUT2D eigenvalue weighted by Gasteiger charge is 2.17. The minimum absolute atomic E-state index is 0.139. The molecule has 1 aliphatic rings. The molecule has 2 N–H and O–H groups in total. The van der Waals surface area contributed by atoms with Gasteiger partial charge in [-0.05, 0) is 25.0 Å². The van der Waals surface area contributed by atoms with Crippen LogP contribution in [0.15, 0.2) is 24.3 Å². The van der Waals surface area contributed by atoms with Crippen LogP contribution >= 0.6 is 0 Å². The van der Waals surface area contributed by atoms with Crippen LogP contribution in [-0.2, 0) is 6.54 Å². The third kappa shape index (κ3) is 2.59. The number of fused-ring (bicyclic) bond motifs is 1. The van der Waals surface area contributed by atoms with E-state index in [-0.39, 0.29) is 6.61 Å². The normalized spacial score (nSPS) is 16.9. The van der Waals surface area contributed by atoms with Gasteiger partial charge in [0.25, 0.3) is 0 Å². The fourth-order valence-corrected chi connectivity index (χ4v) is 2.94.